The van der Waals surface area contributed by atoms with Gasteiger partial charge in [0.15, 0.2) is 0 Å². The van der Waals surface area contributed by atoms with Gasteiger partial charge in [0, 0.05) is 17.6 Å². The summed E-state index contributed by atoms with van der Waals surface area (Å²) < 4.78 is 28.1. The fourth-order valence-corrected chi connectivity index (χ4v) is 9.17. The van der Waals surface area contributed by atoms with Crippen LogP contribution < -0.4 is 9.62 Å². The van der Waals surface area contributed by atoms with Crippen LogP contribution in [0.2, 0.25) is 0 Å². The molecule has 0 aliphatic heterocycles. The molecule has 0 radical (unpaired) electrons. The van der Waals surface area contributed by atoms with Crippen molar-refractivity contribution < 1.29 is 18.0 Å². The van der Waals surface area contributed by atoms with Crippen LogP contribution in [0.4, 0.5) is 5.69 Å². The highest BCUT2D eigenvalue weighted by Gasteiger charge is 2.51. The lowest BCUT2D eigenvalue weighted by Gasteiger charge is -2.57. The van der Waals surface area contributed by atoms with Crippen LogP contribution in [-0.4, -0.2) is 50.5 Å². The van der Waals surface area contributed by atoms with E-state index in [1.807, 2.05) is 43.3 Å². The topological polar surface area (TPSA) is 86.8 Å². The molecule has 4 fully saturated rings. The molecule has 1 N–H and O–H groups in total. The van der Waals surface area contributed by atoms with Gasteiger partial charge in [-0.05, 0) is 110 Å². The lowest BCUT2D eigenvalue weighted by atomic mass is 9.48. The van der Waals surface area contributed by atoms with Crippen LogP contribution in [0.1, 0.15) is 69.9 Å². The molecule has 4 saturated carbocycles. The van der Waals surface area contributed by atoms with E-state index in [-0.39, 0.29) is 24.4 Å². The second-order valence-electron chi connectivity index (χ2n) is 12.6. The third-order valence-electron chi connectivity index (χ3n) is 9.44. The number of benzene rings is 2. The van der Waals surface area contributed by atoms with E-state index in [1.54, 1.807) is 6.92 Å². The molecule has 0 saturated heterocycles. The molecular formula is C32H42BrN3O4S. The number of nitrogens with zero attached hydrogens (tertiary/aromatic N) is 2. The predicted molar refractivity (Wildman–Crippen MR) is 166 cm³/mol. The van der Waals surface area contributed by atoms with Crippen molar-refractivity contribution in [3.05, 3.63) is 64.1 Å². The van der Waals surface area contributed by atoms with E-state index in [9.17, 15) is 18.0 Å². The summed E-state index contributed by atoms with van der Waals surface area (Å²) in [5.74, 6) is 1.76. The Bertz CT molecular complexity index is 1340. The van der Waals surface area contributed by atoms with Crippen molar-refractivity contribution in [3.8, 4) is 0 Å². The molecule has 41 heavy (non-hydrogen) atoms. The fraction of sp³-hybridized carbons (Fsp3) is 0.562. The molecular weight excluding hydrogens is 602 g/mol. The van der Waals surface area contributed by atoms with Crippen molar-refractivity contribution >= 4 is 43.5 Å². The molecule has 1 unspecified atom stereocenters. The highest BCUT2D eigenvalue weighted by atomic mass is 79.9. The van der Waals surface area contributed by atoms with Crippen molar-refractivity contribution in [1.82, 2.24) is 10.2 Å². The van der Waals surface area contributed by atoms with E-state index in [2.05, 4.69) is 33.4 Å². The molecule has 1 atom stereocenters. The van der Waals surface area contributed by atoms with Crippen LogP contribution >= 0.6 is 15.9 Å². The number of hydrogen-bond acceptors (Lipinski definition) is 4. The smallest absolute Gasteiger partial charge is 0.244 e. The second-order valence-corrected chi connectivity index (χ2v) is 15.5. The summed E-state index contributed by atoms with van der Waals surface area (Å²) in [6, 6.07) is 14.7. The van der Waals surface area contributed by atoms with Crippen molar-refractivity contribution in [2.24, 2.45) is 17.8 Å². The van der Waals surface area contributed by atoms with Gasteiger partial charge in [-0.25, -0.2) is 8.42 Å². The predicted octanol–water partition coefficient (Wildman–Crippen LogP) is 5.63. The van der Waals surface area contributed by atoms with E-state index in [0.29, 0.717) is 12.2 Å². The summed E-state index contributed by atoms with van der Waals surface area (Å²) >= 11 is 3.47. The Morgan fingerprint density at radius 2 is 1.63 bits per heavy atom. The summed E-state index contributed by atoms with van der Waals surface area (Å²) in [5.41, 5.74) is 2.83. The Hall–Kier alpha value is -2.39. The van der Waals surface area contributed by atoms with Crippen LogP contribution in [-0.2, 0) is 31.6 Å². The van der Waals surface area contributed by atoms with Crippen molar-refractivity contribution in [2.45, 2.75) is 76.8 Å². The number of nitrogens with one attached hydrogen (secondary N) is 1. The van der Waals surface area contributed by atoms with E-state index in [0.717, 1.165) is 40.5 Å². The van der Waals surface area contributed by atoms with Gasteiger partial charge in [0.05, 0.1) is 11.9 Å². The zero-order chi connectivity index (χ0) is 29.4. The van der Waals surface area contributed by atoms with Gasteiger partial charge in [-0.15, -0.1) is 0 Å². The van der Waals surface area contributed by atoms with Crippen LogP contribution in [0.3, 0.4) is 0 Å². The van der Waals surface area contributed by atoms with Gasteiger partial charge in [0.2, 0.25) is 21.8 Å². The van der Waals surface area contributed by atoms with Crippen LogP contribution in [0.25, 0.3) is 0 Å². The summed E-state index contributed by atoms with van der Waals surface area (Å²) in [6.45, 7) is 3.96. The molecule has 4 aliphatic rings. The van der Waals surface area contributed by atoms with Gasteiger partial charge in [-0.3, -0.25) is 13.9 Å². The maximum Gasteiger partial charge on any atom is 0.244 e. The minimum atomic E-state index is -3.77. The summed E-state index contributed by atoms with van der Waals surface area (Å²) in [6.07, 6.45) is 9.70. The molecule has 2 aromatic rings. The van der Waals surface area contributed by atoms with Gasteiger partial charge in [-0.1, -0.05) is 47.1 Å². The Balaban J connectivity index is 1.38. The zero-order valence-electron chi connectivity index (χ0n) is 24.3. The molecule has 7 nitrogen and oxygen atoms in total. The van der Waals surface area contributed by atoms with Gasteiger partial charge >= 0.3 is 0 Å². The van der Waals surface area contributed by atoms with Gasteiger partial charge in [0.1, 0.15) is 12.6 Å². The number of anilines is 1. The Kier molecular flexibility index (Phi) is 8.86. The molecule has 4 aliphatic carbocycles. The van der Waals surface area contributed by atoms with Crippen molar-refractivity contribution in [2.75, 3.05) is 23.7 Å². The first-order valence-corrected chi connectivity index (χ1v) is 17.5. The molecule has 2 aromatic carbocycles. The van der Waals surface area contributed by atoms with E-state index < -0.39 is 22.0 Å². The fourth-order valence-electron chi connectivity index (χ4n) is 7.87. The maximum atomic E-state index is 13.8. The first-order valence-electron chi connectivity index (χ1n) is 14.9. The van der Waals surface area contributed by atoms with Gasteiger partial charge in [-0.2, -0.15) is 0 Å². The third-order valence-corrected chi connectivity index (χ3v) is 11.1. The zero-order valence-corrected chi connectivity index (χ0v) is 26.7. The first kappa shape index (κ1) is 30.1. The van der Waals surface area contributed by atoms with Crippen LogP contribution in [0.5, 0.6) is 0 Å². The van der Waals surface area contributed by atoms with Crippen LogP contribution in [0.15, 0.2) is 53.0 Å². The number of rotatable bonds is 11. The van der Waals surface area contributed by atoms with Crippen molar-refractivity contribution in [3.63, 3.8) is 0 Å². The molecule has 0 heterocycles. The molecule has 0 spiro atoms. The molecule has 2 amide bonds. The second kappa shape index (κ2) is 12.1. The van der Waals surface area contributed by atoms with E-state index in [1.165, 1.54) is 53.3 Å². The molecule has 222 valence electrons. The first-order chi connectivity index (χ1) is 19.5. The monoisotopic (exact) mass is 643 g/mol. The average molecular weight is 645 g/mol. The quantitative estimate of drug-likeness (QED) is 0.344. The molecule has 4 bridgehead atoms. The number of halogens is 1. The third kappa shape index (κ3) is 6.66. The van der Waals surface area contributed by atoms with E-state index >= 15 is 0 Å². The largest absolute Gasteiger partial charge is 0.354 e. The molecule has 0 aromatic heterocycles. The Labute approximate surface area is 253 Å². The number of sulfonamides is 1. The number of carbonyl (C=O) groups excluding carboxylic acids is 2. The highest BCUT2D eigenvalue weighted by Crippen LogP contribution is 2.60. The number of hydrogen-bond donors (Lipinski definition) is 1. The summed E-state index contributed by atoms with van der Waals surface area (Å²) in [4.78, 5) is 28.2. The molecule has 9 heteroatoms. The summed E-state index contributed by atoms with van der Waals surface area (Å²) in [7, 11) is -3.77. The Morgan fingerprint density at radius 1 is 1.02 bits per heavy atom. The van der Waals surface area contributed by atoms with Gasteiger partial charge < -0.3 is 10.2 Å². The van der Waals surface area contributed by atoms with E-state index in [4.69, 9.17) is 0 Å². The van der Waals surface area contributed by atoms with Crippen molar-refractivity contribution in [1.29, 1.82) is 0 Å². The lowest BCUT2D eigenvalue weighted by molar-refractivity contribution is -0.139. The SMILES string of the molecule is CCCNC(=O)C(C)N(Cc1cccc(Br)c1)C(=O)CN(c1ccc(C23CC4CC(CC(C4)C2)C3)cc1)S(C)(=O)=O. The molecule has 6 rings (SSSR count). The Morgan fingerprint density at radius 3 is 2.17 bits per heavy atom. The number of amides is 2. The lowest BCUT2D eigenvalue weighted by Crippen LogP contribution is -2.51. The van der Waals surface area contributed by atoms with Crippen LogP contribution in [0, 0.1) is 17.8 Å². The number of carbonyl (C=O) groups is 2. The minimum Gasteiger partial charge on any atom is -0.354 e. The highest BCUT2D eigenvalue weighted by molar-refractivity contribution is 9.10. The van der Waals surface area contributed by atoms with Gasteiger partial charge in [0.25, 0.3) is 0 Å². The standard InChI is InChI=1S/C32H42BrN3O4S/c1-4-12-34-31(38)22(2)35(20-23-6-5-7-28(33)16-23)30(37)21-36(41(3,39)40)29-10-8-27(9-11-29)32-17-24-13-25(18-32)15-26(14-24)19-32/h5-11,16,22,24-26H,4,12-15,17-21H2,1-3H3,(H,34,38). The minimum absolute atomic E-state index is 0.182. The average Bonchev–Trinajstić information content (AvgIpc) is 2.91. The summed E-state index contributed by atoms with van der Waals surface area (Å²) in [5, 5.41) is 2.87. The normalized spacial score (nSPS) is 25.5. The maximum absolute atomic E-state index is 13.8.